The summed E-state index contributed by atoms with van der Waals surface area (Å²) in [6, 6.07) is 5.44. The highest BCUT2D eigenvalue weighted by atomic mass is 16.2. The topological polar surface area (TPSA) is 37.4 Å². The number of amides is 1. The van der Waals surface area contributed by atoms with E-state index >= 15 is 0 Å². The number of benzene rings is 1. The van der Waals surface area contributed by atoms with Crippen molar-refractivity contribution < 1.29 is 9.59 Å². The van der Waals surface area contributed by atoms with Crippen LogP contribution in [0.2, 0.25) is 0 Å². The largest absolute Gasteiger partial charge is 0.312 e. The summed E-state index contributed by atoms with van der Waals surface area (Å²) in [4.78, 5) is 23.5. The lowest BCUT2D eigenvalue weighted by Gasteiger charge is -2.14. The first-order valence-corrected chi connectivity index (χ1v) is 4.58. The lowest BCUT2D eigenvalue weighted by Crippen LogP contribution is -2.25. The van der Waals surface area contributed by atoms with E-state index in [1.807, 2.05) is 12.1 Å². The van der Waals surface area contributed by atoms with Crippen LogP contribution in [0.1, 0.15) is 22.8 Å². The molecule has 0 aromatic heterocycles. The fourth-order valence-corrected chi connectivity index (χ4v) is 1.82. The van der Waals surface area contributed by atoms with Crippen molar-refractivity contribution in [3.8, 4) is 0 Å². The summed E-state index contributed by atoms with van der Waals surface area (Å²) in [6.07, 6.45) is 1.67. The van der Waals surface area contributed by atoms with E-state index < -0.39 is 0 Å². The van der Waals surface area contributed by atoms with E-state index in [-0.39, 0.29) is 5.91 Å². The second-order valence-electron chi connectivity index (χ2n) is 3.43. The molecule has 1 aromatic carbocycles. The number of nitrogens with zero attached hydrogens (tertiary/aromatic N) is 1. The van der Waals surface area contributed by atoms with Gasteiger partial charge in [0.15, 0.2) is 0 Å². The number of fused-ring (bicyclic) bond motifs is 1. The van der Waals surface area contributed by atoms with E-state index in [4.69, 9.17) is 0 Å². The number of hydrogen-bond acceptors (Lipinski definition) is 2. The monoisotopic (exact) mass is 189 g/mol. The summed E-state index contributed by atoms with van der Waals surface area (Å²) >= 11 is 0. The molecule has 0 fully saturated rings. The smallest absolute Gasteiger partial charge is 0.223 e. The van der Waals surface area contributed by atoms with Crippen LogP contribution in [0.3, 0.4) is 0 Å². The highest BCUT2D eigenvalue weighted by Crippen LogP contribution is 2.28. The Balaban J connectivity index is 2.43. The maximum Gasteiger partial charge on any atom is 0.223 e. The number of aldehydes is 1. The maximum atomic E-state index is 11.2. The average molecular weight is 189 g/mol. The van der Waals surface area contributed by atoms with Gasteiger partial charge in [0, 0.05) is 24.7 Å². The number of carbonyl (C=O) groups excluding carboxylic acids is 2. The first-order chi connectivity index (χ1) is 6.72. The minimum absolute atomic E-state index is 0.0580. The summed E-state index contributed by atoms with van der Waals surface area (Å²) in [6.45, 7) is 2.29. The van der Waals surface area contributed by atoms with Crippen LogP contribution in [0.15, 0.2) is 18.2 Å². The second kappa shape index (κ2) is 3.25. The predicted molar refractivity (Wildman–Crippen MR) is 53.6 cm³/mol. The summed E-state index contributed by atoms with van der Waals surface area (Å²) in [5, 5.41) is 0. The second-order valence-corrected chi connectivity index (χ2v) is 3.43. The molecule has 1 aliphatic heterocycles. The zero-order valence-corrected chi connectivity index (χ0v) is 7.99. The standard InChI is InChI=1S/C11H11NO2/c1-8(14)12-5-4-10-6-9(7-13)2-3-11(10)12/h2-3,6-7H,4-5H2,1H3. The highest BCUT2D eigenvalue weighted by molar-refractivity contribution is 5.94. The first kappa shape index (κ1) is 8.94. The van der Waals surface area contributed by atoms with E-state index in [1.54, 1.807) is 17.9 Å². The molecule has 0 radical (unpaired) electrons. The lowest BCUT2D eigenvalue weighted by atomic mass is 10.1. The minimum Gasteiger partial charge on any atom is -0.312 e. The molecule has 0 saturated carbocycles. The number of hydrogen-bond donors (Lipinski definition) is 0. The van der Waals surface area contributed by atoms with E-state index in [2.05, 4.69) is 0 Å². The molecule has 14 heavy (non-hydrogen) atoms. The zero-order valence-electron chi connectivity index (χ0n) is 7.99. The summed E-state index contributed by atoms with van der Waals surface area (Å²) < 4.78 is 0. The summed E-state index contributed by atoms with van der Waals surface area (Å²) in [7, 11) is 0. The van der Waals surface area contributed by atoms with Crippen molar-refractivity contribution in [2.45, 2.75) is 13.3 Å². The number of anilines is 1. The highest BCUT2D eigenvalue weighted by Gasteiger charge is 2.21. The van der Waals surface area contributed by atoms with E-state index in [9.17, 15) is 9.59 Å². The molecule has 3 nitrogen and oxygen atoms in total. The van der Waals surface area contributed by atoms with Crippen LogP contribution in [0.25, 0.3) is 0 Å². The molecule has 1 heterocycles. The van der Waals surface area contributed by atoms with Gasteiger partial charge in [-0.05, 0) is 30.2 Å². The molecule has 3 heteroatoms. The van der Waals surface area contributed by atoms with E-state index in [0.29, 0.717) is 5.56 Å². The van der Waals surface area contributed by atoms with Crippen LogP contribution < -0.4 is 4.90 Å². The first-order valence-electron chi connectivity index (χ1n) is 4.58. The Labute approximate surface area is 82.3 Å². The molecular formula is C11H11NO2. The molecule has 1 amide bonds. The molecule has 0 bridgehead atoms. The average Bonchev–Trinajstić information content (AvgIpc) is 2.59. The lowest BCUT2D eigenvalue weighted by molar-refractivity contribution is -0.116. The summed E-state index contributed by atoms with van der Waals surface area (Å²) in [5.41, 5.74) is 2.71. The number of rotatable bonds is 1. The predicted octanol–water partition coefficient (Wildman–Crippen LogP) is 1.41. The Morgan fingerprint density at radius 1 is 1.50 bits per heavy atom. The van der Waals surface area contributed by atoms with Crippen molar-refractivity contribution in [1.29, 1.82) is 0 Å². The number of carbonyl (C=O) groups is 2. The third-order valence-electron chi connectivity index (χ3n) is 2.52. The Morgan fingerprint density at radius 2 is 2.29 bits per heavy atom. The Morgan fingerprint density at radius 3 is 2.93 bits per heavy atom. The van der Waals surface area contributed by atoms with Gasteiger partial charge in [0.25, 0.3) is 0 Å². The van der Waals surface area contributed by atoms with Crippen LogP contribution in [0.4, 0.5) is 5.69 Å². The molecule has 0 spiro atoms. The van der Waals surface area contributed by atoms with Crippen molar-refractivity contribution in [3.63, 3.8) is 0 Å². The van der Waals surface area contributed by atoms with Crippen LogP contribution in [-0.4, -0.2) is 18.7 Å². The van der Waals surface area contributed by atoms with Crippen molar-refractivity contribution in [2.24, 2.45) is 0 Å². The molecule has 0 atom stereocenters. The molecule has 0 N–H and O–H groups in total. The summed E-state index contributed by atoms with van der Waals surface area (Å²) in [5.74, 6) is 0.0580. The van der Waals surface area contributed by atoms with Crippen LogP contribution >= 0.6 is 0 Å². The van der Waals surface area contributed by atoms with Crippen LogP contribution in [-0.2, 0) is 11.2 Å². The van der Waals surface area contributed by atoms with Gasteiger partial charge >= 0.3 is 0 Å². The van der Waals surface area contributed by atoms with Crippen molar-refractivity contribution in [1.82, 2.24) is 0 Å². The van der Waals surface area contributed by atoms with Gasteiger partial charge in [-0.15, -0.1) is 0 Å². The van der Waals surface area contributed by atoms with Gasteiger partial charge in [0.05, 0.1) is 0 Å². The Bertz CT molecular complexity index is 398. The molecule has 1 aliphatic rings. The maximum absolute atomic E-state index is 11.2. The van der Waals surface area contributed by atoms with Crippen molar-refractivity contribution >= 4 is 17.9 Å². The minimum atomic E-state index is 0.0580. The molecule has 0 unspecified atom stereocenters. The Hall–Kier alpha value is -1.64. The SMILES string of the molecule is CC(=O)N1CCc2cc(C=O)ccc21. The van der Waals surface area contributed by atoms with Crippen molar-refractivity contribution in [2.75, 3.05) is 11.4 Å². The third-order valence-corrected chi connectivity index (χ3v) is 2.52. The van der Waals surface area contributed by atoms with Gasteiger partial charge in [-0.3, -0.25) is 9.59 Å². The van der Waals surface area contributed by atoms with Gasteiger partial charge in [-0.1, -0.05) is 0 Å². The van der Waals surface area contributed by atoms with Gasteiger partial charge in [0.2, 0.25) is 5.91 Å². The zero-order chi connectivity index (χ0) is 10.1. The van der Waals surface area contributed by atoms with Crippen LogP contribution in [0.5, 0.6) is 0 Å². The Kier molecular flexibility index (Phi) is 2.08. The normalized spacial score (nSPS) is 13.9. The molecule has 2 rings (SSSR count). The van der Waals surface area contributed by atoms with Gasteiger partial charge in [-0.25, -0.2) is 0 Å². The fraction of sp³-hybridized carbons (Fsp3) is 0.273. The molecule has 72 valence electrons. The van der Waals surface area contributed by atoms with E-state index in [1.165, 1.54) is 0 Å². The molecule has 0 saturated heterocycles. The van der Waals surface area contributed by atoms with Gasteiger partial charge in [-0.2, -0.15) is 0 Å². The van der Waals surface area contributed by atoms with Gasteiger partial charge < -0.3 is 4.90 Å². The third kappa shape index (κ3) is 1.31. The molecule has 0 aliphatic carbocycles. The van der Waals surface area contributed by atoms with Gasteiger partial charge in [0.1, 0.15) is 6.29 Å². The fourth-order valence-electron chi connectivity index (χ4n) is 1.82. The van der Waals surface area contributed by atoms with Crippen molar-refractivity contribution in [3.05, 3.63) is 29.3 Å². The quantitative estimate of drug-likeness (QED) is 0.626. The molecular weight excluding hydrogens is 178 g/mol. The van der Waals surface area contributed by atoms with Crippen LogP contribution in [0, 0.1) is 0 Å². The van der Waals surface area contributed by atoms with E-state index in [0.717, 1.165) is 30.5 Å². The molecule has 1 aromatic rings.